The first-order valence-electron chi connectivity index (χ1n) is 6.12. The lowest BCUT2D eigenvalue weighted by Crippen LogP contribution is -2.09. The molecule has 0 atom stereocenters. The first kappa shape index (κ1) is 15.6. The van der Waals surface area contributed by atoms with E-state index in [0.717, 1.165) is 25.4 Å². The van der Waals surface area contributed by atoms with Crippen molar-refractivity contribution in [2.24, 2.45) is 11.8 Å². The second kappa shape index (κ2) is 7.81. The topological polar surface area (TPSA) is 9.23 Å². The Bertz CT molecular complexity index is 188. The fourth-order valence-corrected chi connectivity index (χ4v) is 6.73. The zero-order valence-electron chi connectivity index (χ0n) is 11.0. The molecule has 0 amide bonds. The van der Waals surface area contributed by atoms with Crippen molar-refractivity contribution in [1.29, 1.82) is 0 Å². The van der Waals surface area contributed by atoms with Crippen LogP contribution in [-0.2, 0) is 16.3 Å². The highest BCUT2D eigenvalue weighted by molar-refractivity contribution is 8.12. The van der Waals surface area contributed by atoms with E-state index < -0.39 is 6.26 Å². The first-order valence-corrected chi connectivity index (χ1v) is 9.21. The minimum Gasteiger partial charge on any atom is -0.351 e. The summed E-state index contributed by atoms with van der Waals surface area (Å²) >= 11 is 5.76. The molecule has 0 saturated carbocycles. The van der Waals surface area contributed by atoms with Crippen molar-refractivity contribution in [2.75, 3.05) is 18.9 Å². The lowest BCUT2D eigenvalue weighted by Gasteiger charge is -2.26. The molecule has 0 radical (unpaired) electrons. The van der Waals surface area contributed by atoms with Crippen LogP contribution in [0.5, 0.6) is 0 Å². The summed E-state index contributed by atoms with van der Waals surface area (Å²) in [5.41, 5.74) is 0. The molecule has 0 aromatic rings. The maximum absolute atomic E-state index is 6.02. The van der Waals surface area contributed by atoms with Crippen molar-refractivity contribution in [3.8, 4) is 0 Å². The SMILES string of the molecule is CCCCOP(=S)(CC(C)C)CC(C)C. The van der Waals surface area contributed by atoms with E-state index in [2.05, 4.69) is 34.6 Å². The Morgan fingerprint density at radius 3 is 1.87 bits per heavy atom. The molecule has 0 aromatic carbocycles. The molecule has 0 spiro atoms. The normalized spacial score (nSPS) is 12.7. The lowest BCUT2D eigenvalue weighted by molar-refractivity contribution is 0.335. The Labute approximate surface area is 101 Å². The van der Waals surface area contributed by atoms with E-state index in [1.165, 1.54) is 6.42 Å². The molecule has 92 valence electrons. The van der Waals surface area contributed by atoms with E-state index in [0.29, 0.717) is 11.8 Å². The van der Waals surface area contributed by atoms with Gasteiger partial charge in [-0.3, -0.25) is 0 Å². The van der Waals surface area contributed by atoms with Crippen molar-refractivity contribution < 1.29 is 4.52 Å². The Hall–Kier alpha value is 0.610. The molecule has 3 heteroatoms. The van der Waals surface area contributed by atoms with Crippen LogP contribution in [0.3, 0.4) is 0 Å². The van der Waals surface area contributed by atoms with Gasteiger partial charge in [0.2, 0.25) is 0 Å². The van der Waals surface area contributed by atoms with Gasteiger partial charge in [-0.2, -0.15) is 0 Å². The summed E-state index contributed by atoms with van der Waals surface area (Å²) in [5, 5.41) is 0. The molecule has 0 aliphatic heterocycles. The Morgan fingerprint density at radius 1 is 1.07 bits per heavy atom. The van der Waals surface area contributed by atoms with E-state index in [4.69, 9.17) is 16.3 Å². The molecule has 0 unspecified atom stereocenters. The van der Waals surface area contributed by atoms with Gasteiger partial charge in [0.25, 0.3) is 0 Å². The summed E-state index contributed by atoms with van der Waals surface area (Å²) in [6.07, 6.45) is 3.02. The van der Waals surface area contributed by atoms with E-state index in [1.54, 1.807) is 0 Å². The minimum atomic E-state index is -1.53. The van der Waals surface area contributed by atoms with Gasteiger partial charge in [0.1, 0.15) is 0 Å². The molecule has 0 aliphatic carbocycles. The summed E-state index contributed by atoms with van der Waals surface area (Å²) in [5.74, 6) is 1.33. The zero-order chi connectivity index (χ0) is 11.9. The molecule has 0 saturated heterocycles. The zero-order valence-corrected chi connectivity index (χ0v) is 12.7. The highest BCUT2D eigenvalue weighted by atomic mass is 32.4. The highest BCUT2D eigenvalue weighted by Crippen LogP contribution is 2.50. The van der Waals surface area contributed by atoms with Crippen molar-refractivity contribution >= 4 is 18.1 Å². The molecule has 0 heterocycles. The van der Waals surface area contributed by atoms with Crippen LogP contribution in [0.15, 0.2) is 0 Å². The minimum absolute atomic E-state index is 0.663. The summed E-state index contributed by atoms with van der Waals surface area (Å²) in [7, 11) is 0. The first-order chi connectivity index (χ1) is 6.89. The van der Waals surface area contributed by atoms with Crippen LogP contribution < -0.4 is 0 Å². The molecule has 0 bridgehead atoms. The number of rotatable bonds is 8. The summed E-state index contributed by atoms with van der Waals surface area (Å²) in [6.45, 7) is 12.0. The van der Waals surface area contributed by atoms with E-state index in [-0.39, 0.29) is 0 Å². The fourth-order valence-electron chi connectivity index (χ4n) is 1.67. The van der Waals surface area contributed by atoms with Crippen molar-refractivity contribution in [3.63, 3.8) is 0 Å². The molecule has 15 heavy (non-hydrogen) atoms. The third-order valence-corrected chi connectivity index (χ3v) is 6.55. The van der Waals surface area contributed by atoms with E-state index in [1.807, 2.05) is 0 Å². The lowest BCUT2D eigenvalue weighted by atomic mass is 10.3. The van der Waals surface area contributed by atoms with Crippen LogP contribution in [0.4, 0.5) is 0 Å². The second-order valence-electron chi connectivity index (χ2n) is 5.15. The Balaban J connectivity index is 4.21. The molecule has 0 fully saturated rings. The van der Waals surface area contributed by atoms with Crippen LogP contribution in [0.1, 0.15) is 47.5 Å². The van der Waals surface area contributed by atoms with Crippen LogP contribution >= 0.6 is 6.26 Å². The van der Waals surface area contributed by atoms with Gasteiger partial charge in [0.05, 0.1) is 12.9 Å². The molecule has 0 N–H and O–H groups in total. The number of hydrogen-bond donors (Lipinski definition) is 0. The van der Waals surface area contributed by atoms with Gasteiger partial charge in [-0.1, -0.05) is 52.8 Å². The van der Waals surface area contributed by atoms with Crippen molar-refractivity contribution in [3.05, 3.63) is 0 Å². The third-order valence-electron chi connectivity index (χ3n) is 2.11. The van der Waals surface area contributed by atoms with Crippen LogP contribution in [-0.4, -0.2) is 18.9 Å². The van der Waals surface area contributed by atoms with Gasteiger partial charge in [0.15, 0.2) is 0 Å². The molecule has 0 rings (SSSR count). The fraction of sp³-hybridized carbons (Fsp3) is 1.00. The predicted octanol–water partition coefficient (Wildman–Crippen LogP) is 4.51. The summed E-state index contributed by atoms with van der Waals surface area (Å²) in [4.78, 5) is 0. The maximum Gasteiger partial charge on any atom is 0.0679 e. The quantitative estimate of drug-likeness (QED) is 0.463. The highest BCUT2D eigenvalue weighted by Gasteiger charge is 2.20. The molecular weight excluding hydrogens is 223 g/mol. The molecule has 1 nitrogen and oxygen atoms in total. The summed E-state index contributed by atoms with van der Waals surface area (Å²) < 4.78 is 6.02. The molecule has 0 aromatic heterocycles. The van der Waals surface area contributed by atoms with Gasteiger partial charge in [-0.05, 0) is 18.3 Å². The molecular formula is C12H27OPS. The average Bonchev–Trinajstić information content (AvgIpc) is 2.00. The van der Waals surface area contributed by atoms with Gasteiger partial charge >= 0.3 is 0 Å². The van der Waals surface area contributed by atoms with Gasteiger partial charge in [0, 0.05) is 12.3 Å². The summed E-state index contributed by atoms with van der Waals surface area (Å²) in [6, 6.07) is 0. The third kappa shape index (κ3) is 8.42. The largest absolute Gasteiger partial charge is 0.351 e. The second-order valence-corrected chi connectivity index (χ2v) is 9.77. The average molecular weight is 250 g/mol. The Morgan fingerprint density at radius 2 is 1.53 bits per heavy atom. The Kier molecular flexibility index (Phi) is 8.13. The van der Waals surface area contributed by atoms with Crippen LogP contribution in [0, 0.1) is 11.8 Å². The van der Waals surface area contributed by atoms with Crippen LogP contribution in [0.2, 0.25) is 0 Å². The standard InChI is InChI=1S/C12H27OPS/c1-6-7-8-13-14(15,9-11(2)3)10-12(4)5/h11-12H,6-10H2,1-5H3. The van der Waals surface area contributed by atoms with E-state index >= 15 is 0 Å². The van der Waals surface area contributed by atoms with Crippen molar-refractivity contribution in [1.82, 2.24) is 0 Å². The number of unbranched alkanes of at least 4 members (excludes halogenated alkanes) is 1. The van der Waals surface area contributed by atoms with Gasteiger partial charge in [-0.15, -0.1) is 0 Å². The van der Waals surface area contributed by atoms with Crippen molar-refractivity contribution in [2.45, 2.75) is 47.5 Å². The molecule has 0 aliphatic rings. The van der Waals surface area contributed by atoms with E-state index in [9.17, 15) is 0 Å². The monoisotopic (exact) mass is 250 g/mol. The number of hydrogen-bond acceptors (Lipinski definition) is 2. The smallest absolute Gasteiger partial charge is 0.0679 e. The van der Waals surface area contributed by atoms with Crippen LogP contribution in [0.25, 0.3) is 0 Å². The van der Waals surface area contributed by atoms with Gasteiger partial charge < -0.3 is 4.52 Å². The van der Waals surface area contributed by atoms with Gasteiger partial charge in [-0.25, -0.2) is 0 Å². The predicted molar refractivity (Wildman–Crippen MR) is 74.6 cm³/mol. The maximum atomic E-state index is 6.02.